The number of carbonyl (C=O) groups is 3. The van der Waals surface area contributed by atoms with Gasteiger partial charge in [-0.25, -0.2) is 4.39 Å². The van der Waals surface area contributed by atoms with Gasteiger partial charge in [0.25, 0.3) is 11.8 Å². The first-order valence-corrected chi connectivity index (χ1v) is 9.52. The number of nitrogens with one attached hydrogen (secondary N) is 2. The predicted octanol–water partition coefficient (Wildman–Crippen LogP) is 2.95. The van der Waals surface area contributed by atoms with Gasteiger partial charge in [0.15, 0.2) is 17.7 Å². The molecule has 0 spiro atoms. The lowest BCUT2D eigenvalue weighted by atomic mass is 10.2. The number of hydrogen-bond acceptors (Lipinski definition) is 5. The standard InChI is InChI=1S/C23H20FN3O5/c1-14(31-20-5-3-2-4-19(20)24)22(29)26-27-23(30)16-8-12-18(13-9-16)32-17-10-6-15(7-11-17)21(25)28/h2-14H,1H3,(H2,25,28)(H,26,29)(H,27,30). The molecule has 3 amide bonds. The van der Waals surface area contributed by atoms with Crippen molar-refractivity contribution in [2.45, 2.75) is 13.0 Å². The number of hydrazine groups is 1. The van der Waals surface area contributed by atoms with Gasteiger partial charge in [-0.05, 0) is 67.6 Å². The van der Waals surface area contributed by atoms with Crippen molar-refractivity contribution in [1.82, 2.24) is 10.9 Å². The Morgan fingerprint density at radius 1 is 0.844 bits per heavy atom. The first-order chi connectivity index (χ1) is 15.3. The van der Waals surface area contributed by atoms with Crippen LogP contribution < -0.4 is 26.1 Å². The smallest absolute Gasteiger partial charge is 0.279 e. The summed E-state index contributed by atoms with van der Waals surface area (Å²) in [6, 6.07) is 18.1. The molecule has 3 rings (SSSR count). The second kappa shape index (κ2) is 10.1. The number of halogens is 1. The third-order valence-electron chi connectivity index (χ3n) is 4.30. The third kappa shape index (κ3) is 5.82. The molecule has 0 aliphatic carbocycles. The molecular formula is C23H20FN3O5. The van der Waals surface area contributed by atoms with E-state index < -0.39 is 29.6 Å². The minimum Gasteiger partial charge on any atom is -0.478 e. The number of hydrogen-bond donors (Lipinski definition) is 3. The van der Waals surface area contributed by atoms with Gasteiger partial charge in [-0.2, -0.15) is 0 Å². The molecule has 1 atom stereocenters. The molecule has 0 aliphatic heterocycles. The molecule has 0 radical (unpaired) electrons. The molecule has 0 saturated heterocycles. The summed E-state index contributed by atoms with van der Waals surface area (Å²) in [5, 5.41) is 0. The fraction of sp³-hybridized carbons (Fsp3) is 0.0870. The largest absolute Gasteiger partial charge is 0.478 e. The van der Waals surface area contributed by atoms with E-state index in [4.69, 9.17) is 15.2 Å². The van der Waals surface area contributed by atoms with Crippen LogP contribution in [-0.2, 0) is 4.79 Å². The normalized spacial score (nSPS) is 11.2. The van der Waals surface area contributed by atoms with E-state index in [0.29, 0.717) is 17.1 Å². The summed E-state index contributed by atoms with van der Waals surface area (Å²) in [6.07, 6.45) is -1.04. The molecule has 3 aromatic carbocycles. The van der Waals surface area contributed by atoms with Gasteiger partial charge in [-0.15, -0.1) is 0 Å². The Bertz CT molecular complexity index is 1120. The number of benzene rings is 3. The monoisotopic (exact) mass is 437 g/mol. The molecule has 164 valence electrons. The number of primary amides is 1. The fourth-order valence-corrected chi connectivity index (χ4v) is 2.57. The Morgan fingerprint density at radius 2 is 1.41 bits per heavy atom. The summed E-state index contributed by atoms with van der Waals surface area (Å²) < 4.78 is 24.5. The van der Waals surface area contributed by atoms with Gasteiger partial charge in [-0.3, -0.25) is 25.2 Å². The molecule has 1 unspecified atom stereocenters. The molecule has 0 bridgehead atoms. The summed E-state index contributed by atoms with van der Waals surface area (Å²) in [5.74, 6) is -1.46. The van der Waals surface area contributed by atoms with Crippen LogP contribution in [0.3, 0.4) is 0 Å². The Balaban J connectivity index is 1.51. The summed E-state index contributed by atoms with van der Waals surface area (Å²) in [6.45, 7) is 1.43. The highest BCUT2D eigenvalue weighted by atomic mass is 19.1. The van der Waals surface area contributed by atoms with Gasteiger partial charge >= 0.3 is 0 Å². The van der Waals surface area contributed by atoms with Gasteiger partial charge < -0.3 is 15.2 Å². The molecule has 3 aromatic rings. The third-order valence-corrected chi connectivity index (χ3v) is 4.30. The minimum absolute atomic E-state index is 0.0682. The summed E-state index contributed by atoms with van der Waals surface area (Å²) in [5.41, 5.74) is 10.3. The van der Waals surface area contributed by atoms with E-state index in [1.54, 1.807) is 42.5 Å². The molecule has 0 fully saturated rings. The van der Waals surface area contributed by atoms with E-state index in [0.717, 1.165) is 0 Å². The van der Waals surface area contributed by atoms with Crippen molar-refractivity contribution in [3.63, 3.8) is 0 Å². The zero-order valence-electron chi connectivity index (χ0n) is 17.0. The first kappa shape index (κ1) is 22.3. The van der Waals surface area contributed by atoms with Crippen LogP contribution in [0.4, 0.5) is 4.39 Å². The molecule has 4 N–H and O–H groups in total. The Morgan fingerprint density at radius 3 is 1.97 bits per heavy atom. The second-order valence-electron chi connectivity index (χ2n) is 6.65. The molecule has 0 heterocycles. The molecule has 9 heteroatoms. The molecule has 8 nitrogen and oxygen atoms in total. The van der Waals surface area contributed by atoms with Crippen LogP contribution in [0.2, 0.25) is 0 Å². The Kier molecular flexibility index (Phi) is 7.02. The molecule has 0 aliphatic rings. The van der Waals surface area contributed by atoms with E-state index in [2.05, 4.69) is 10.9 Å². The number of carbonyl (C=O) groups excluding carboxylic acids is 3. The molecule has 32 heavy (non-hydrogen) atoms. The molecule has 0 saturated carbocycles. The number of rotatable bonds is 7. The van der Waals surface area contributed by atoms with Crippen LogP contribution in [0.25, 0.3) is 0 Å². The quantitative estimate of drug-likeness (QED) is 0.491. The van der Waals surface area contributed by atoms with E-state index in [1.165, 1.54) is 37.3 Å². The van der Waals surface area contributed by atoms with Gasteiger partial charge in [0.2, 0.25) is 5.91 Å². The van der Waals surface area contributed by atoms with Crippen LogP contribution in [-0.4, -0.2) is 23.8 Å². The van der Waals surface area contributed by atoms with Crippen LogP contribution in [0, 0.1) is 5.82 Å². The molecule has 0 aromatic heterocycles. The minimum atomic E-state index is -1.04. The first-order valence-electron chi connectivity index (χ1n) is 9.52. The van der Waals surface area contributed by atoms with Crippen LogP contribution in [0.15, 0.2) is 72.8 Å². The van der Waals surface area contributed by atoms with Gasteiger partial charge in [0.05, 0.1) is 0 Å². The fourth-order valence-electron chi connectivity index (χ4n) is 2.57. The predicted molar refractivity (Wildman–Crippen MR) is 114 cm³/mol. The van der Waals surface area contributed by atoms with Crippen molar-refractivity contribution >= 4 is 17.7 Å². The summed E-state index contributed by atoms with van der Waals surface area (Å²) >= 11 is 0. The summed E-state index contributed by atoms with van der Waals surface area (Å²) in [7, 11) is 0. The highest BCUT2D eigenvalue weighted by molar-refractivity contribution is 5.96. The maximum Gasteiger partial charge on any atom is 0.279 e. The summed E-state index contributed by atoms with van der Waals surface area (Å²) in [4.78, 5) is 35.4. The van der Waals surface area contributed by atoms with Crippen LogP contribution >= 0.6 is 0 Å². The topological polar surface area (TPSA) is 120 Å². The maximum atomic E-state index is 13.6. The van der Waals surface area contributed by atoms with Crippen molar-refractivity contribution < 1.29 is 28.2 Å². The SMILES string of the molecule is CC(Oc1ccccc1F)C(=O)NNC(=O)c1ccc(Oc2ccc(C(N)=O)cc2)cc1. The van der Waals surface area contributed by atoms with E-state index in [9.17, 15) is 18.8 Å². The van der Waals surface area contributed by atoms with Crippen molar-refractivity contribution in [1.29, 1.82) is 0 Å². The second-order valence-corrected chi connectivity index (χ2v) is 6.65. The van der Waals surface area contributed by atoms with Gasteiger partial charge in [0, 0.05) is 11.1 Å². The lowest BCUT2D eigenvalue weighted by Gasteiger charge is -2.15. The van der Waals surface area contributed by atoms with Crippen LogP contribution in [0.5, 0.6) is 17.2 Å². The van der Waals surface area contributed by atoms with Crippen LogP contribution in [0.1, 0.15) is 27.6 Å². The average Bonchev–Trinajstić information content (AvgIpc) is 2.79. The highest BCUT2D eigenvalue weighted by Gasteiger charge is 2.17. The van der Waals surface area contributed by atoms with Gasteiger partial charge in [-0.1, -0.05) is 12.1 Å². The Hall–Kier alpha value is -4.40. The zero-order valence-corrected chi connectivity index (χ0v) is 17.0. The lowest BCUT2D eigenvalue weighted by Crippen LogP contribution is -2.47. The number of amides is 3. The van der Waals surface area contributed by atoms with Crippen molar-refractivity contribution in [3.8, 4) is 17.2 Å². The number of nitrogens with two attached hydrogens (primary N) is 1. The van der Waals surface area contributed by atoms with E-state index >= 15 is 0 Å². The lowest BCUT2D eigenvalue weighted by molar-refractivity contribution is -0.128. The highest BCUT2D eigenvalue weighted by Crippen LogP contribution is 2.22. The van der Waals surface area contributed by atoms with Crippen molar-refractivity contribution in [2.75, 3.05) is 0 Å². The van der Waals surface area contributed by atoms with Crippen molar-refractivity contribution in [2.24, 2.45) is 5.73 Å². The number of para-hydroxylation sites is 1. The van der Waals surface area contributed by atoms with E-state index in [1.807, 2.05) is 0 Å². The van der Waals surface area contributed by atoms with Gasteiger partial charge in [0.1, 0.15) is 11.5 Å². The van der Waals surface area contributed by atoms with E-state index in [-0.39, 0.29) is 11.3 Å². The number of ether oxygens (including phenoxy) is 2. The zero-order chi connectivity index (χ0) is 23.1. The Labute approximate surface area is 183 Å². The molecular weight excluding hydrogens is 417 g/mol. The average molecular weight is 437 g/mol. The maximum absolute atomic E-state index is 13.6. The van der Waals surface area contributed by atoms with Crippen molar-refractivity contribution in [3.05, 3.63) is 89.7 Å².